The van der Waals surface area contributed by atoms with Crippen LogP contribution in [0.5, 0.6) is 0 Å². The van der Waals surface area contributed by atoms with Crippen LogP contribution in [0.15, 0.2) is 36.5 Å². The summed E-state index contributed by atoms with van der Waals surface area (Å²) in [5, 5.41) is 0. The Balaban J connectivity index is 0.0000101. The molecule has 2 aromatic rings. The standard InChI is InChI=1S/C42H75N2.ClH/c1-4-6-8-10-12-14-16-18-20-22-24-26-28-33-37-43-39-40(3)44(42(43)41-35-31-30-32-36-41)38-34-29-27-25-23-21-19-17-15-13-11-9-7-5-2;/h30-32,35-36,39H,4-29,33-34,37-38H2,1-3H3;1H/q+1;/p-1. The minimum absolute atomic E-state index is 0. The summed E-state index contributed by atoms with van der Waals surface area (Å²) in [5.41, 5.74) is 2.79. The van der Waals surface area contributed by atoms with Crippen LogP contribution in [-0.2, 0) is 13.1 Å². The van der Waals surface area contributed by atoms with E-state index in [9.17, 15) is 0 Å². The molecule has 0 fully saturated rings. The molecule has 0 aliphatic carbocycles. The van der Waals surface area contributed by atoms with Crippen LogP contribution in [0.1, 0.15) is 199 Å². The van der Waals surface area contributed by atoms with Crippen LogP contribution < -0.4 is 17.0 Å². The van der Waals surface area contributed by atoms with E-state index in [1.807, 2.05) is 0 Å². The Bertz CT molecular complexity index is 890. The molecule has 1 aromatic carbocycles. The summed E-state index contributed by atoms with van der Waals surface area (Å²) in [6, 6.07) is 11.2. The highest BCUT2D eigenvalue weighted by molar-refractivity contribution is 5.52. The maximum atomic E-state index is 2.61. The molecule has 2 nitrogen and oxygen atoms in total. The van der Waals surface area contributed by atoms with Gasteiger partial charge >= 0.3 is 0 Å². The van der Waals surface area contributed by atoms with Gasteiger partial charge in [-0.05, 0) is 37.8 Å². The average Bonchev–Trinajstić information content (AvgIpc) is 3.36. The fourth-order valence-electron chi connectivity index (χ4n) is 6.98. The van der Waals surface area contributed by atoms with Gasteiger partial charge in [0, 0.05) is 6.92 Å². The van der Waals surface area contributed by atoms with Crippen molar-refractivity contribution in [2.24, 2.45) is 0 Å². The molecule has 0 N–H and O–H groups in total. The van der Waals surface area contributed by atoms with Crippen LogP contribution >= 0.6 is 0 Å². The van der Waals surface area contributed by atoms with Crippen molar-refractivity contribution >= 4 is 0 Å². The zero-order valence-corrected chi connectivity index (χ0v) is 31.2. The van der Waals surface area contributed by atoms with Crippen LogP contribution in [0, 0.1) is 6.92 Å². The van der Waals surface area contributed by atoms with E-state index in [1.54, 1.807) is 0 Å². The number of aryl methyl sites for hydroxylation is 2. The normalized spacial score (nSPS) is 11.3. The van der Waals surface area contributed by atoms with Gasteiger partial charge in [0.1, 0.15) is 11.9 Å². The van der Waals surface area contributed by atoms with Gasteiger partial charge in [-0.3, -0.25) is 0 Å². The summed E-state index contributed by atoms with van der Waals surface area (Å²) < 4.78 is 5.18. The molecule has 3 heteroatoms. The molecule has 0 amide bonds. The number of nitrogens with zero attached hydrogens (tertiary/aromatic N) is 2. The Morgan fingerprint density at radius 2 is 0.822 bits per heavy atom. The molecule has 0 bridgehead atoms. The summed E-state index contributed by atoms with van der Waals surface area (Å²) in [5.74, 6) is 1.42. The lowest BCUT2D eigenvalue weighted by Crippen LogP contribution is -3.00. The molecule has 2 rings (SSSR count). The molecule has 0 radical (unpaired) electrons. The van der Waals surface area contributed by atoms with Gasteiger partial charge in [0.25, 0.3) is 5.82 Å². The number of imidazole rings is 1. The minimum Gasteiger partial charge on any atom is -1.00 e. The Kier molecular flexibility index (Phi) is 27.9. The van der Waals surface area contributed by atoms with Gasteiger partial charge in [-0.25, -0.2) is 9.13 Å². The number of aromatic nitrogens is 2. The van der Waals surface area contributed by atoms with Crippen LogP contribution in [0.3, 0.4) is 0 Å². The van der Waals surface area contributed by atoms with Crippen molar-refractivity contribution in [3.05, 3.63) is 42.2 Å². The van der Waals surface area contributed by atoms with Crippen molar-refractivity contribution < 1.29 is 17.0 Å². The first-order valence-corrected chi connectivity index (χ1v) is 19.9. The number of rotatable bonds is 31. The molecule has 260 valence electrons. The molecule has 0 aliphatic heterocycles. The molecular formula is C42H75ClN2. The molecule has 1 heterocycles. The molecule has 0 saturated heterocycles. The molecule has 0 spiro atoms. The molecule has 1 aromatic heterocycles. The topological polar surface area (TPSA) is 8.81 Å². The molecule has 0 unspecified atom stereocenters. The van der Waals surface area contributed by atoms with E-state index in [4.69, 9.17) is 0 Å². The summed E-state index contributed by atoms with van der Waals surface area (Å²) in [7, 11) is 0. The molecular weight excluding hydrogens is 568 g/mol. The summed E-state index contributed by atoms with van der Waals surface area (Å²) >= 11 is 0. The Morgan fingerprint density at radius 3 is 1.22 bits per heavy atom. The van der Waals surface area contributed by atoms with Gasteiger partial charge in [0.15, 0.2) is 0 Å². The lowest BCUT2D eigenvalue weighted by Gasteiger charge is -2.07. The van der Waals surface area contributed by atoms with Gasteiger partial charge < -0.3 is 12.4 Å². The minimum atomic E-state index is 0. The summed E-state index contributed by atoms with van der Waals surface area (Å²) in [6.45, 7) is 9.23. The summed E-state index contributed by atoms with van der Waals surface area (Å²) in [6.07, 6.45) is 42.2. The number of hydrogen-bond acceptors (Lipinski definition) is 0. The number of hydrogen-bond donors (Lipinski definition) is 0. The van der Waals surface area contributed by atoms with E-state index >= 15 is 0 Å². The van der Waals surface area contributed by atoms with Crippen LogP contribution in [0.2, 0.25) is 0 Å². The number of halogens is 1. The van der Waals surface area contributed by atoms with E-state index in [0.29, 0.717) is 0 Å². The molecule has 45 heavy (non-hydrogen) atoms. The second-order valence-corrected chi connectivity index (χ2v) is 14.0. The van der Waals surface area contributed by atoms with E-state index in [2.05, 4.69) is 66.4 Å². The van der Waals surface area contributed by atoms with Crippen molar-refractivity contribution in [1.29, 1.82) is 0 Å². The smallest absolute Gasteiger partial charge is 0.289 e. The van der Waals surface area contributed by atoms with E-state index in [0.717, 1.165) is 13.1 Å². The highest BCUT2D eigenvalue weighted by Gasteiger charge is 2.22. The summed E-state index contributed by atoms with van der Waals surface area (Å²) in [4.78, 5) is 0. The van der Waals surface area contributed by atoms with Crippen molar-refractivity contribution in [2.45, 2.75) is 214 Å². The van der Waals surface area contributed by atoms with E-state index in [-0.39, 0.29) is 12.4 Å². The Hall–Kier alpha value is -1.28. The average molecular weight is 644 g/mol. The second kappa shape index (κ2) is 30.1. The zero-order valence-electron chi connectivity index (χ0n) is 30.4. The largest absolute Gasteiger partial charge is 1.00 e. The molecule has 0 saturated carbocycles. The predicted octanol–water partition coefficient (Wildman–Crippen LogP) is 10.7. The van der Waals surface area contributed by atoms with Gasteiger partial charge in [-0.15, -0.1) is 0 Å². The number of unbranched alkanes of at least 4 members (excludes halogenated alkanes) is 26. The maximum Gasteiger partial charge on any atom is 0.289 e. The first-order valence-electron chi connectivity index (χ1n) is 19.9. The van der Waals surface area contributed by atoms with Crippen LogP contribution in [0.4, 0.5) is 0 Å². The van der Waals surface area contributed by atoms with Crippen molar-refractivity contribution in [3.63, 3.8) is 0 Å². The first-order chi connectivity index (χ1) is 21.8. The molecule has 0 aliphatic rings. The third-order valence-electron chi connectivity index (χ3n) is 9.82. The van der Waals surface area contributed by atoms with E-state index in [1.165, 1.54) is 197 Å². The third-order valence-corrected chi connectivity index (χ3v) is 9.82. The zero-order chi connectivity index (χ0) is 31.3. The maximum absolute atomic E-state index is 2.61. The predicted molar refractivity (Wildman–Crippen MR) is 195 cm³/mol. The SMILES string of the molecule is CCCCCCCCCCCCCCCCn1c(C)c[n+](CCCCCCCCCCCCCCCC)c1-c1ccccc1.[Cl-]. The fraction of sp³-hybridized carbons (Fsp3) is 0.786. The van der Waals surface area contributed by atoms with Gasteiger partial charge in [0.2, 0.25) is 0 Å². The van der Waals surface area contributed by atoms with Crippen LogP contribution in [-0.4, -0.2) is 4.57 Å². The van der Waals surface area contributed by atoms with Crippen molar-refractivity contribution in [1.82, 2.24) is 4.57 Å². The van der Waals surface area contributed by atoms with Gasteiger partial charge in [-0.1, -0.05) is 186 Å². The van der Waals surface area contributed by atoms with Crippen molar-refractivity contribution in [2.75, 3.05) is 0 Å². The van der Waals surface area contributed by atoms with Crippen LogP contribution in [0.25, 0.3) is 11.4 Å². The lowest BCUT2D eigenvalue weighted by atomic mass is 10.0. The Morgan fingerprint density at radius 1 is 0.467 bits per heavy atom. The highest BCUT2D eigenvalue weighted by atomic mass is 35.5. The third kappa shape index (κ3) is 20.5. The lowest BCUT2D eigenvalue weighted by molar-refractivity contribution is -0.686. The van der Waals surface area contributed by atoms with E-state index < -0.39 is 0 Å². The first kappa shape index (κ1) is 41.7. The van der Waals surface area contributed by atoms with Crippen molar-refractivity contribution in [3.8, 4) is 11.4 Å². The van der Waals surface area contributed by atoms with Gasteiger partial charge in [-0.2, -0.15) is 0 Å². The fourth-order valence-corrected chi connectivity index (χ4v) is 6.98. The second-order valence-electron chi connectivity index (χ2n) is 14.0. The number of benzene rings is 1. The van der Waals surface area contributed by atoms with Gasteiger partial charge in [0.05, 0.1) is 18.7 Å². The quantitative estimate of drug-likeness (QED) is 0.0571. The molecule has 0 atom stereocenters. The highest BCUT2D eigenvalue weighted by Crippen LogP contribution is 2.21. The Labute approximate surface area is 288 Å². The monoisotopic (exact) mass is 643 g/mol.